The Morgan fingerprint density at radius 1 is 1.00 bits per heavy atom. The van der Waals surface area contributed by atoms with Crippen molar-refractivity contribution < 1.29 is 22.8 Å². The summed E-state index contributed by atoms with van der Waals surface area (Å²) in [5.41, 5.74) is -1.70. The number of nitrogens with one attached hydrogen (secondary N) is 2. The highest BCUT2D eigenvalue weighted by atomic mass is 19.4. The van der Waals surface area contributed by atoms with Crippen molar-refractivity contribution in [1.29, 1.82) is 0 Å². The summed E-state index contributed by atoms with van der Waals surface area (Å²) in [6.07, 6.45) is 2.03. The molecular formula is C22H23F3N6O2. The Labute approximate surface area is 187 Å². The molecule has 2 aromatic heterocycles. The number of hydrogen-bond donors (Lipinski definition) is 2. The highest BCUT2D eigenvalue weighted by Gasteiger charge is 2.58. The topological polar surface area (TPSA) is 110 Å². The molecule has 3 unspecified atom stereocenters. The van der Waals surface area contributed by atoms with Gasteiger partial charge in [-0.2, -0.15) is 13.2 Å². The van der Waals surface area contributed by atoms with Gasteiger partial charge in [0.1, 0.15) is 17.2 Å². The predicted molar refractivity (Wildman–Crippen MR) is 109 cm³/mol. The first-order chi connectivity index (χ1) is 15.6. The van der Waals surface area contributed by atoms with E-state index in [9.17, 15) is 22.8 Å². The quantitative estimate of drug-likeness (QED) is 0.726. The fourth-order valence-corrected chi connectivity index (χ4v) is 6.18. The fourth-order valence-electron chi connectivity index (χ4n) is 6.18. The van der Waals surface area contributed by atoms with E-state index in [1.54, 1.807) is 6.92 Å². The third-order valence-corrected chi connectivity index (χ3v) is 7.12. The average Bonchev–Trinajstić information content (AvgIpc) is 2.75. The molecule has 3 atom stereocenters. The molecule has 4 aliphatic rings. The number of aryl methyl sites for hydroxylation is 1. The van der Waals surface area contributed by atoms with Crippen LogP contribution in [0.25, 0.3) is 0 Å². The summed E-state index contributed by atoms with van der Waals surface area (Å²) < 4.78 is 39.2. The van der Waals surface area contributed by atoms with Gasteiger partial charge in [-0.05, 0) is 68.9 Å². The number of hydrogen-bond acceptors (Lipinski definition) is 6. The maximum Gasteiger partial charge on any atom is 0.433 e. The average molecular weight is 460 g/mol. The van der Waals surface area contributed by atoms with Gasteiger partial charge in [-0.3, -0.25) is 9.59 Å². The molecule has 2 amide bonds. The van der Waals surface area contributed by atoms with E-state index in [4.69, 9.17) is 0 Å². The molecule has 0 aliphatic heterocycles. The first kappa shape index (κ1) is 21.7. The highest BCUT2D eigenvalue weighted by molar-refractivity contribution is 5.93. The summed E-state index contributed by atoms with van der Waals surface area (Å²) in [5.74, 6) is -0.207. The molecule has 4 bridgehead atoms. The van der Waals surface area contributed by atoms with Gasteiger partial charge in [0.2, 0.25) is 5.82 Å². The van der Waals surface area contributed by atoms with Crippen LogP contribution in [0.4, 0.5) is 13.2 Å². The van der Waals surface area contributed by atoms with Gasteiger partial charge in [0.15, 0.2) is 0 Å². The van der Waals surface area contributed by atoms with Crippen molar-refractivity contribution in [2.24, 2.45) is 17.8 Å². The molecule has 2 aromatic rings. The fraction of sp³-hybridized carbons (Fsp3) is 0.545. The highest BCUT2D eigenvalue weighted by Crippen LogP contribution is 2.55. The second-order valence-electron chi connectivity index (χ2n) is 9.42. The number of halogens is 3. The van der Waals surface area contributed by atoms with E-state index < -0.39 is 29.1 Å². The van der Waals surface area contributed by atoms with E-state index in [0.717, 1.165) is 31.5 Å². The second kappa shape index (κ2) is 7.74. The van der Waals surface area contributed by atoms with Crippen LogP contribution in [0.15, 0.2) is 24.5 Å². The Balaban J connectivity index is 1.42. The lowest BCUT2D eigenvalue weighted by molar-refractivity contribution is -0.141. The molecule has 2 N–H and O–H groups in total. The smallest absolute Gasteiger partial charge is 0.345 e. The zero-order valence-corrected chi connectivity index (χ0v) is 17.9. The van der Waals surface area contributed by atoms with Crippen LogP contribution in [0.2, 0.25) is 0 Å². The Hall–Kier alpha value is -3.11. The number of amides is 2. The molecule has 33 heavy (non-hydrogen) atoms. The Kier molecular flexibility index (Phi) is 5.09. The van der Waals surface area contributed by atoms with Gasteiger partial charge in [0.05, 0.1) is 11.6 Å². The Bertz CT molecular complexity index is 1090. The molecule has 174 valence electrons. The van der Waals surface area contributed by atoms with Crippen LogP contribution in [0, 0.1) is 24.7 Å². The summed E-state index contributed by atoms with van der Waals surface area (Å²) in [5, 5.41) is 6.03. The van der Waals surface area contributed by atoms with Crippen LogP contribution < -0.4 is 10.6 Å². The van der Waals surface area contributed by atoms with Gasteiger partial charge in [-0.25, -0.2) is 19.9 Å². The molecule has 4 aliphatic carbocycles. The lowest BCUT2D eigenvalue weighted by Gasteiger charge is -2.61. The van der Waals surface area contributed by atoms with Gasteiger partial charge in [0, 0.05) is 12.4 Å². The zero-order chi connectivity index (χ0) is 23.4. The maximum absolute atomic E-state index is 13.1. The van der Waals surface area contributed by atoms with Gasteiger partial charge in [-0.1, -0.05) is 0 Å². The lowest BCUT2D eigenvalue weighted by Crippen LogP contribution is -2.72. The van der Waals surface area contributed by atoms with Crippen LogP contribution in [-0.2, 0) is 6.18 Å². The number of rotatable bonds is 4. The van der Waals surface area contributed by atoms with Gasteiger partial charge < -0.3 is 10.6 Å². The molecule has 4 fully saturated rings. The normalized spacial score (nSPS) is 30.2. The van der Waals surface area contributed by atoms with Gasteiger partial charge in [0.25, 0.3) is 11.8 Å². The van der Waals surface area contributed by atoms with Crippen molar-refractivity contribution in [3.63, 3.8) is 0 Å². The largest absolute Gasteiger partial charge is 0.433 e. The van der Waals surface area contributed by atoms with Crippen molar-refractivity contribution in [3.8, 4) is 0 Å². The number of nitrogens with zero attached hydrogens (tertiary/aromatic N) is 4. The summed E-state index contributed by atoms with van der Waals surface area (Å²) in [6, 6.07) is 1.90. The predicted octanol–water partition coefficient (Wildman–Crippen LogP) is 2.70. The van der Waals surface area contributed by atoms with Crippen molar-refractivity contribution in [3.05, 3.63) is 47.6 Å². The minimum atomic E-state index is -4.68. The summed E-state index contributed by atoms with van der Waals surface area (Å²) in [7, 11) is 0. The second-order valence-corrected chi connectivity index (χ2v) is 9.42. The van der Waals surface area contributed by atoms with Crippen LogP contribution in [0.3, 0.4) is 0 Å². The van der Waals surface area contributed by atoms with Crippen LogP contribution in [0.5, 0.6) is 0 Å². The molecule has 2 heterocycles. The van der Waals surface area contributed by atoms with E-state index in [0.29, 0.717) is 30.5 Å². The minimum absolute atomic E-state index is 0.172. The number of carbonyl (C=O) groups is 2. The van der Waals surface area contributed by atoms with Crippen molar-refractivity contribution in [2.45, 2.75) is 56.8 Å². The van der Waals surface area contributed by atoms with E-state index in [1.165, 1.54) is 12.3 Å². The molecule has 11 heteroatoms. The molecule has 6 rings (SSSR count). The third kappa shape index (κ3) is 4.04. The van der Waals surface area contributed by atoms with E-state index in [2.05, 4.69) is 30.6 Å². The van der Waals surface area contributed by atoms with Crippen LogP contribution in [0.1, 0.15) is 64.7 Å². The van der Waals surface area contributed by atoms with Crippen LogP contribution >= 0.6 is 0 Å². The van der Waals surface area contributed by atoms with Crippen LogP contribution in [-0.4, -0.2) is 43.3 Å². The summed E-state index contributed by atoms with van der Waals surface area (Å²) in [6.45, 7) is 1.69. The first-order valence-corrected chi connectivity index (χ1v) is 11.0. The van der Waals surface area contributed by atoms with Crippen molar-refractivity contribution in [1.82, 2.24) is 30.6 Å². The van der Waals surface area contributed by atoms with Crippen molar-refractivity contribution >= 4 is 11.8 Å². The summed E-state index contributed by atoms with van der Waals surface area (Å²) >= 11 is 0. The molecule has 0 radical (unpaired) electrons. The molecule has 8 nitrogen and oxygen atoms in total. The Morgan fingerprint density at radius 3 is 2.36 bits per heavy atom. The zero-order valence-electron chi connectivity index (χ0n) is 17.9. The minimum Gasteiger partial charge on any atom is -0.345 e. The Morgan fingerprint density at radius 2 is 1.70 bits per heavy atom. The monoisotopic (exact) mass is 460 g/mol. The van der Waals surface area contributed by atoms with E-state index in [-0.39, 0.29) is 23.6 Å². The standard InChI is InChI=1S/C22H23F3N6O2/c1-11-26-4-2-15(28-11)19(32)30-17-14-7-12-6-13(8-14)10-21(17,9-12)31-20(33)18-27-5-3-16(29-18)22(23,24)25/h2-5,12-14,17H,6-10H2,1H3,(H,30,32)(H,31,33). The molecular weight excluding hydrogens is 437 g/mol. The lowest BCUT2D eigenvalue weighted by atomic mass is 9.50. The summed E-state index contributed by atoms with van der Waals surface area (Å²) in [4.78, 5) is 41.4. The molecule has 0 saturated heterocycles. The van der Waals surface area contributed by atoms with Gasteiger partial charge in [-0.15, -0.1) is 0 Å². The molecule has 0 aromatic carbocycles. The third-order valence-electron chi connectivity index (χ3n) is 7.12. The van der Waals surface area contributed by atoms with Crippen molar-refractivity contribution in [2.75, 3.05) is 0 Å². The maximum atomic E-state index is 13.1. The number of alkyl halides is 3. The van der Waals surface area contributed by atoms with E-state index >= 15 is 0 Å². The number of carbonyl (C=O) groups excluding carboxylic acids is 2. The first-order valence-electron chi connectivity index (χ1n) is 11.0. The van der Waals surface area contributed by atoms with E-state index in [1.807, 2.05) is 0 Å². The number of aromatic nitrogens is 4. The SMILES string of the molecule is Cc1nccc(C(=O)NC2C3CC4CC(C3)CC2(NC(=O)c2nccc(C(F)(F)F)n2)C4)n1. The molecule has 4 saturated carbocycles. The van der Waals surface area contributed by atoms with Gasteiger partial charge >= 0.3 is 6.18 Å². The molecule has 0 spiro atoms.